The maximum absolute atomic E-state index is 12.5. The Morgan fingerprint density at radius 3 is 0.583 bits per heavy atom. The van der Waals surface area contributed by atoms with Crippen molar-refractivity contribution in [2.24, 2.45) is 0 Å². The van der Waals surface area contributed by atoms with E-state index in [1.54, 1.807) is 118 Å². The number of likely N-dealkylation sites (N-methyl/N-ethyl adjacent to an activating group) is 10. The molecule has 0 bridgehead atoms. The first kappa shape index (κ1) is 95.8. The second-order valence-electron chi connectivity index (χ2n) is 29.2. The predicted octanol–water partition coefficient (Wildman–Crippen LogP) is -0.950. The van der Waals surface area contributed by atoms with E-state index in [0.717, 1.165) is 0 Å². The molecule has 4 saturated heterocycles. The van der Waals surface area contributed by atoms with Gasteiger partial charge in [0.05, 0.1) is 0 Å². The Bertz CT molecular complexity index is 2720. The molecule has 0 aromatic carbocycles. The highest BCUT2D eigenvalue weighted by molar-refractivity contribution is 5.81. The molecular formula is C66H132N28O14. The molecule has 620 valence electrons. The molecular weight excluding hydrogens is 1410 g/mol. The van der Waals surface area contributed by atoms with Crippen LogP contribution in [-0.2, 0) is 0 Å². The molecule has 4 rings (SSSR count). The molecule has 0 aromatic rings. The summed E-state index contributed by atoms with van der Waals surface area (Å²) >= 11 is 0. The summed E-state index contributed by atoms with van der Waals surface area (Å²) in [4.78, 5) is 186. The average Bonchev–Trinajstić information content (AvgIpc) is 1.27. The van der Waals surface area contributed by atoms with Gasteiger partial charge in [-0.05, 0) is 96.9 Å². The van der Waals surface area contributed by atoms with E-state index < -0.39 is 24.1 Å². The van der Waals surface area contributed by atoms with Gasteiger partial charge in [0.1, 0.15) is 0 Å². The van der Waals surface area contributed by atoms with Crippen LogP contribution in [-0.4, -0.2) is 380 Å². The first-order valence-corrected chi connectivity index (χ1v) is 36.5. The number of urea groups is 14. The Balaban J connectivity index is 0.000000725. The highest BCUT2D eigenvalue weighted by Crippen LogP contribution is 2.09. The highest BCUT2D eigenvalue weighted by atomic mass is 16.2. The Labute approximate surface area is 637 Å². The Morgan fingerprint density at radius 1 is 0.194 bits per heavy atom. The van der Waals surface area contributed by atoms with Crippen molar-refractivity contribution in [3.8, 4) is 0 Å². The quantitative estimate of drug-likeness (QED) is 0.139. The predicted molar refractivity (Wildman–Crippen MR) is 410 cm³/mol. The molecule has 4 aliphatic heterocycles. The maximum Gasteiger partial charge on any atom is 0.319 e. The standard InChI is InChI=1S/C20H40N8O4.C16H32N8O4.C16H32N6O3.C14H28N6O3/c1-13-9-25(5)18(30)22-15(3)11-27(7)20(32)24-16(4)12-28(8)19(31)23-14(2)10-26(6)17(29)21-13;1-9-5-17-14(26)22-11(3)7-19-16(28)24-12(4)8-20-15(27)23-10(2)6-18-13(25)21-9;1-11-9-19(4)15(24)22(7)13(3)10-20(5)16(25)21(6)12(2)8-17-14(23)18-11;1-9-6-15-12(21)16-10(2)7-19(4)14(23)18-11(3)8-20(5)13(22)17-9/h13-16H,9-12H2,1-8H3,(H,21,29)(H,22,30)(H,23,31)(H,24,32);9-12H,5-8H2,1-4H3,(H2,18,21,25)(H2,17,22,26)(H2,20,23,27)(H2,19,24,28);11-13H,8-10H2,1-7H3,(H2,17,18,23);9-11H,6-8H2,1-5H3,(H,17,22)(H,18,23)(H2,15,16,21). The zero-order valence-electron chi connectivity index (χ0n) is 68.2. The van der Waals surface area contributed by atoms with Crippen LogP contribution in [0.3, 0.4) is 0 Å². The molecule has 108 heavy (non-hydrogen) atoms. The van der Waals surface area contributed by atoms with Crippen molar-refractivity contribution in [2.75, 3.05) is 162 Å². The molecule has 14 atom stereocenters. The van der Waals surface area contributed by atoms with Crippen molar-refractivity contribution in [3.05, 3.63) is 0 Å². The molecule has 42 nitrogen and oxygen atoms in total. The van der Waals surface area contributed by atoms with Crippen molar-refractivity contribution in [2.45, 2.75) is 182 Å². The number of nitrogens with zero attached hydrogens (tertiary/aromatic N) is 10. The first-order chi connectivity index (χ1) is 50.2. The van der Waals surface area contributed by atoms with Gasteiger partial charge in [-0.3, -0.25) is 0 Å². The van der Waals surface area contributed by atoms with Gasteiger partial charge in [0.25, 0.3) is 0 Å². The molecule has 18 N–H and O–H groups in total. The number of hydrogen-bond donors (Lipinski definition) is 18. The third-order valence-electron chi connectivity index (χ3n) is 16.9. The molecule has 28 amide bonds. The molecule has 4 fully saturated rings. The Hall–Kier alpha value is -10.2. The number of rotatable bonds is 0. The zero-order valence-corrected chi connectivity index (χ0v) is 68.2. The number of carbonyl (C=O) groups excluding carboxylic acids is 14. The van der Waals surface area contributed by atoms with Gasteiger partial charge in [-0.15, -0.1) is 0 Å². The van der Waals surface area contributed by atoms with Crippen molar-refractivity contribution in [3.63, 3.8) is 0 Å². The summed E-state index contributed by atoms with van der Waals surface area (Å²) < 4.78 is 0. The maximum atomic E-state index is 12.5. The third kappa shape index (κ3) is 39.4. The molecule has 0 spiro atoms. The molecule has 14 unspecified atom stereocenters. The van der Waals surface area contributed by atoms with Crippen LogP contribution in [0.15, 0.2) is 0 Å². The zero-order chi connectivity index (χ0) is 82.6. The summed E-state index contributed by atoms with van der Waals surface area (Å²) in [6.45, 7) is 29.7. The number of hydrogen-bond acceptors (Lipinski definition) is 14. The van der Waals surface area contributed by atoms with Crippen molar-refractivity contribution < 1.29 is 67.1 Å². The number of nitrogens with one attached hydrogen (secondary N) is 18. The normalized spacial score (nSPS) is 28.7. The topological polar surface area (TPSA) is 488 Å². The van der Waals surface area contributed by atoms with E-state index in [1.165, 1.54) is 29.4 Å². The third-order valence-corrected chi connectivity index (χ3v) is 16.9. The molecule has 0 radical (unpaired) electrons. The summed E-state index contributed by atoms with van der Waals surface area (Å²) in [5.41, 5.74) is 0. The van der Waals surface area contributed by atoms with Gasteiger partial charge in [0.2, 0.25) is 0 Å². The second-order valence-corrected chi connectivity index (χ2v) is 29.2. The van der Waals surface area contributed by atoms with Crippen molar-refractivity contribution in [1.82, 2.24) is 145 Å². The van der Waals surface area contributed by atoms with Gasteiger partial charge in [-0.1, -0.05) is 0 Å². The van der Waals surface area contributed by atoms with E-state index in [-0.39, 0.29) is 171 Å². The van der Waals surface area contributed by atoms with Gasteiger partial charge >= 0.3 is 84.4 Å². The smallest absolute Gasteiger partial charge is 0.319 e. The first-order valence-electron chi connectivity index (χ1n) is 36.5. The molecule has 0 aliphatic carbocycles. The fraction of sp³-hybridized carbons (Fsp3) is 0.788. The summed E-state index contributed by atoms with van der Waals surface area (Å²) in [6, 6.07) is -7.62. The van der Waals surface area contributed by atoms with Crippen LogP contribution in [0.2, 0.25) is 0 Å². The second kappa shape index (κ2) is 48.2. The largest absolute Gasteiger partial charge is 0.336 e. The summed E-state index contributed by atoms with van der Waals surface area (Å²) in [5.74, 6) is 0. The Kier molecular flexibility index (Phi) is 42.7. The van der Waals surface area contributed by atoms with Crippen molar-refractivity contribution in [1.29, 1.82) is 0 Å². The van der Waals surface area contributed by atoms with Gasteiger partial charge in [0.15, 0.2) is 0 Å². The minimum Gasteiger partial charge on any atom is -0.336 e. The molecule has 42 heteroatoms. The van der Waals surface area contributed by atoms with E-state index in [4.69, 9.17) is 0 Å². The van der Waals surface area contributed by atoms with Gasteiger partial charge in [-0.2, -0.15) is 0 Å². The van der Waals surface area contributed by atoms with Crippen molar-refractivity contribution >= 4 is 84.4 Å². The van der Waals surface area contributed by atoms with E-state index in [0.29, 0.717) is 65.4 Å². The molecule has 0 saturated carbocycles. The lowest BCUT2D eigenvalue weighted by Crippen LogP contribution is -2.55. The molecule has 4 aliphatic rings. The van der Waals surface area contributed by atoms with Crippen LogP contribution in [0.1, 0.15) is 96.9 Å². The fourth-order valence-corrected chi connectivity index (χ4v) is 10.7. The summed E-state index contributed by atoms with van der Waals surface area (Å²) in [6.07, 6.45) is 0. The van der Waals surface area contributed by atoms with E-state index >= 15 is 0 Å². The fourth-order valence-electron chi connectivity index (χ4n) is 10.7. The monoisotopic (exact) mass is 1540 g/mol. The summed E-state index contributed by atoms with van der Waals surface area (Å²) in [5, 5.41) is 49.4. The minimum atomic E-state index is -0.396. The minimum absolute atomic E-state index is 0.138. The van der Waals surface area contributed by atoms with E-state index in [2.05, 4.69) is 95.7 Å². The van der Waals surface area contributed by atoms with Gasteiger partial charge < -0.3 is 145 Å². The van der Waals surface area contributed by atoms with E-state index in [1.807, 2.05) is 69.2 Å². The van der Waals surface area contributed by atoms with Crippen LogP contribution in [0, 0.1) is 0 Å². The lowest BCUT2D eigenvalue weighted by Gasteiger charge is -2.34. The van der Waals surface area contributed by atoms with Crippen LogP contribution < -0.4 is 95.7 Å². The Morgan fingerprint density at radius 2 is 0.352 bits per heavy atom. The molecule has 4 heterocycles. The van der Waals surface area contributed by atoms with Gasteiger partial charge in [0, 0.05) is 247 Å². The number of amides is 28. The number of carbonyl (C=O) groups is 14. The van der Waals surface area contributed by atoms with Crippen LogP contribution in [0.4, 0.5) is 67.1 Å². The van der Waals surface area contributed by atoms with Crippen LogP contribution >= 0.6 is 0 Å². The lowest BCUT2D eigenvalue weighted by atomic mass is 10.2. The van der Waals surface area contributed by atoms with Gasteiger partial charge in [-0.25, -0.2) is 67.1 Å². The lowest BCUT2D eigenvalue weighted by molar-refractivity contribution is 0.132. The summed E-state index contributed by atoms with van der Waals surface area (Å²) in [7, 11) is 16.7. The highest BCUT2D eigenvalue weighted by Gasteiger charge is 2.29. The average molecular weight is 1540 g/mol. The van der Waals surface area contributed by atoms with Crippen LogP contribution in [0.5, 0.6) is 0 Å². The van der Waals surface area contributed by atoms with E-state index in [9.17, 15) is 67.1 Å². The van der Waals surface area contributed by atoms with Crippen LogP contribution in [0.25, 0.3) is 0 Å². The molecule has 0 aromatic heterocycles. The SMILES string of the molecule is CC1CN(C)C(=O)N(C)C(C)CN(C)C(=O)N(C)C(C)CNC(=O)N1.CC1CN(C)C(=O)NC(C)CN(C)C(=O)NC(C)CN(C)C(=O)NC(C)CN(C)C(=O)N1.CC1CN(C)C(=O)NC(C)CN(C)C(=O)NC(C)CNC(=O)N1.CC1CNC(=O)NC(C)CNC(=O)NC(C)CNC(=O)NC(C)CNC(=O)N1.